The van der Waals surface area contributed by atoms with Gasteiger partial charge in [0.2, 0.25) is 0 Å². The van der Waals surface area contributed by atoms with E-state index in [-0.39, 0.29) is 5.15 Å². The van der Waals surface area contributed by atoms with Gasteiger partial charge < -0.3 is 10.1 Å². The maximum absolute atomic E-state index is 9.09. The van der Waals surface area contributed by atoms with E-state index in [0.29, 0.717) is 11.3 Å². The van der Waals surface area contributed by atoms with Crippen LogP contribution in [0.1, 0.15) is 11.1 Å². The topological polar surface area (TPSA) is 57.9 Å². The van der Waals surface area contributed by atoms with Crippen LogP contribution in [0, 0.1) is 18.3 Å². The Morgan fingerprint density at radius 3 is 2.74 bits per heavy atom. The Kier molecular flexibility index (Phi) is 3.88. The predicted octanol–water partition coefficient (Wildman–Crippen LogP) is 3.67. The third-order valence-electron chi connectivity index (χ3n) is 2.72. The molecule has 96 valence electrons. The number of anilines is 2. The van der Waals surface area contributed by atoms with E-state index < -0.39 is 0 Å². The Morgan fingerprint density at radius 1 is 1.32 bits per heavy atom. The van der Waals surface area contributed by atoms with Crippen LogP contribution in [0.25, 0.3) is 0 Å². The predicted molar refractivity (Wildman–Crippen MR) is 75.0 cm³/mol. The van der Waals surface area contributed by atoms with Gasteiger partial charge in [0.1, 0.15) is 22.5 Å². The summed E-state index contributed by atoms with van der Waals surface area (Å²) in [6.07, 6.45) is 1.56. The first-order valence-corrected chi connectivity index (χ1v) is 5.99. The lowest BCUT2D eigenvalue weighted by Gasteiger charge is -2.12. The number of rotatable bonds is 3. The van der Waals surface area contributed by atoms with Gasteiger partial charge in [0.05, 0.1) is 12.8 Å². The molecule has 1 aromatic heterocycles. The lowest BCUT2D eigenvalue weighted by molar-refractivity contribution is 0.414. The van der Waals surface area contributed by atoms with E-state index in [1.54, 1.807) is 19.4 Å². The van der Waals surface area contributed by atoms with Crippen LogP contribution < -0.4 is 10.1 Å². The average Bonchev–Trinajstić information content (AvgIpc) is 2.41. The van der Waals surface area contributed by atoms with Gasteiger partial charge in [-0.1, -0.05) is 11.6 Å². The van der Waals surface area contributed by atoms with Crippen molar-refractivity contribution in [2.45, 2.75) is 6.92 Å². The molecule has 0 saturated carbocycles. The Bertz CT molecular complexity index is 650. The number of nitrogens with zero attached hydrogens (tertiary/aromatic N) is 2. The van der Waals surface area contributed by atoms with Crippen LogP contribution in [0.2, 0.25) is 5.15 Å². The van der Waals surface area contributed by atoms with Crippen LogP contribution >= 0.6 is 11.6 Å². The van der Waals surface area contributed by atoms with Crippen molar-refractivity contribution in [3.63, 3.8) is 0 Å². The maximum Gasteiger partial charge on any atom is 0.148 e. The van der Waals surface area contributed by atoms with Gasteiger partial charge in [-0.25, -0.2) is 4.98 Å². The monoisotopic (exact) mass is 273 g/mol. The van der Waals surface area contributed by atoms with Crippen molar-refractivity contribution >= 4 is 23.0 Å². The Morgan fingerprint density at radius 2 is 2.11 bits per heavy atom. The molecule has 5 heteroatoms. The normalized spacial score (nSPS) is 9.79. The fraction of sp³-hybridized carbons (Fsp3) is 0.143. The Hall–Kier alpha value is -2.25. The number of benzene rings is 1. The summed E-state index contributed by atoms with van der Waals surface area (Å²) in [5, 5.41) is 12.5. The fourth-order valence-electron chi connectivity index (χ4n) is 1.70. The van der Waals surface area contributed by atoms with E-state index in [2.05, 4.69) is 10.3 Å². The molecule has 0 atom stereocenters. The van der Waals surface area contributed by atoms with Gasteiger partial charge in [-0.15, -0.1) is 0 Å². The second kappa shape index (κ2) is 5.59. The van der Waals surface area contributed by atoms with Gasteiger partial charge in [-0.3, -0.25) is 0 Å². The summed E-state index contributed by atoms with van der Waals surface area (Å²) in [5.41, 5.74) is 2.87. The van der Waals surface area contributed by atoms with Crippen molar-refractivity contribution in [1.29, 1.82) is 5.26 Å². The van der Waals surface area contributed by atoms with Gasteiger partial charge in [0.25, 0.3) is 0 Å². The van der Waals surface area contributed by atoms with E-state index in [4.69, 9.17) is 21.6 Å². The highest BCUT2D eigenvalue weighted by Crippen LogP contribution is 2.28. The fourth-order valence-corrected chi connectivity index (χ4v) is 1.90. The number of pyridine rings is 1. The zero-order valence-electron chi connectivity index (χ0n) is 10.6. The van der Waals surface area contributed by atoms with Crippen molar-refractivity contribution in [3.8, 4) is 11.8 Å². The van der Waals surface area contributed by atoms with Crippen LogP contribution in [-0.2, 0) is 0 Å². The van der Waals surface area contributed by atoms with Crippen LogP contribution in [0.3, 0.4) is 0 Å². The minimum absolute atomic E-state index is 0.193. The number of ether oxygens (including phenoxy) is 1. The highest BCUT2D eigenvalue weighted by molar-refractivity contribution is 6.30. The van der Waals surface area contributed by atoms with Gasteiger partial charge >= 0.3 is 0 Å². The average molecular weight is 274 g/mol. The highest BCUT2D eigenvalue weighted by atomic mass is 35.5. The highest BCUT2D eigenvalue weighted by Gasteiger charge is 2.09. The second-order valence-electron chi connectivity index (χ2n) is 3.94. The molecule has 0 saturated heterocycles. The minimum atomic E-state index is 0.193. The summed E-state index contributed by atoms with van der Waals surface area (Å²) < 4.78 is 5.15. The molecule has 1 N–H and O–H groups in total. The second-order valence-corrected chi connectivity index (χ2v) is 4.30. The van der Waals surface area contributed by atoms with Crippen molar-refractivity contribution in [1.82, 2.24) is 4.98 Å². The van der Waals surface area contributed by atoms with Gasteiger partial charge in [-0.05, 0) is 36.8 Å². The molecule has 19 heavy (non-hydrogen) atoms. The first-order valence-electron chi connectivity index (χ1n) is 5.62. The summed E-state index contributed by atoms with van der Waals surface area (Å²) in [6, 6.07) is 9.42. The number of nitriles is 1. The third kappa shape index (κ3) is 2.78. The lowest BCUT2D eigenvalue weighted by Crippen LogP contribution is -1.97. The van der Waals surface area contributed by atoms with Crippen molar-refractivity contribution in [2.24, 2.45) is 0 Å². The molecule has 0 unspecified atom stereocenters. The van der Waals surface area contributed by atoms with Gasteiger partial charge in [0, 0.05) is 11.9 Å². The van der Waals surface area contributed by atoms with Crippen LogP contribution in [0.15, 0.2) is 30.5 Å². The molecule has 0 aliphatic heterocycles. The molecule has 0 spiro atoms. The lowest BCUT2D eigenvalue weighted by atomic mass is 10.1. The molecule has 0 amide bonds. The summed E-state index contributed by atoms with van der Waals surface area (Å²) in [4.78, 5) is 3.88. The molecule has 4 nitrogen and oxygen atoms in total. The summed E-state index contributed by atoms with van der Waals surface area (Å²) >= 11 is 5.89. The van der Waals surface area contributed by atoms with E-state index in [9.17, 15) is 0 Å². The molecular formula is C14H12ClN3O. The molecule has 2 aromatic rings. The number of hydrogen-bond donors (Lipinski definition) is 1. The standard InChI is InChI=1S/C14H12ClN3O/c1-9-7-10(19-2)3-4-12(9)18-13-5-6-17-14(15)11(13)8-16/h3-7H,1-2H3,(H,17,18). The van der Waals surface area contributed by atoms with Gasteiger partial charge in [0.15, 0.2) is 0 Å². The molecule has 2 rings (SSSR count). The number of methoxy groups -OCH3 is 1. The number of aromatic nitrogens is 1. The van der Waals surface area contributed by atoms with Crippen molar-refractivity contribution in [3.05, 3.63) is 46.7 Å². The van der Waals surface area contributed by atoms with E-state index >= 15 is 0 Å². The Labute approximate surface area is 116 Å². The van der Waals surface area contributed by atoms with E-state index in [1.165, 1.54) is 0 Å². The quantitative estimate of drug-likeness (QED) is 0.867. The van der Waals surface area contributed by atoms with Crippen molar-refractivity contribution in [2.75, 3.05) is 12.4 Å². The molecule has 1 heterocycles. The molecule has 0 aliphatic rings. The SMILES string of the molecule is COc1ccc(Nc2ccnc(Cl)c2C#N)c(C)c1. The van der Waals surface area contributed by atoms with E-state index in [0.717, 1.165) is 17.0 Å². The maximum atomic E-state index is 9.09. The summed E-state index contributed by atoms with van der Waals surface area (Å²) in [5.74, 6) is 0.788. The largest absolute Gasteiger partial charge is 0.497 e. The smallest absolute Gasteiger partial charge is 0.148 e. The van der Waals surface area contributed by atoms with Crippen molar-refractivity contribution < 1.29 is 4.74 Å². The zero-order chi connectivity index (χ0) is 13.8. The first-order chi connectivity index (χ1) is 9.15. The van der Waals surface area contributed by atoms with Crippen LogP contribution in [0.5, 0.6) is 5.75 Å². The molecule has 1 aromatic carbocycles. The molecule has 0 radical (unpaired) electrons. The zero-order valence-corrected chi connectivity index (χ0v) is 11.3. The summed E-state index contributed by atoms with van der Waals surface area (Å²) in [6.45, 7) is 1.96. The number of nitrogens with one attached hydrogen (secondary N) is 1. The van der Waals surface area contributed by atoms with E-state index in [1.807, 2.05) is 31.2 Å². The number of hydrogen-bond acceptors (Lipinski definition) is 4. The first kappa shape index (κ1) is 13.2. The molecular weight excluding hydrogens is 262 g/mol. The molecule has 0 bridgehead atoms. The van der Waals surface area contributed by atoms with Crippen LogP contribution in [-0.4, -0.2) is 12.1 Å². The van der Waals surface area contributed by atoms with Gasteiger partial charge in [-0.2, -0.15) is 5.26 Å². The number of aryl methyl sites for hydroxylation is 1. The Balaban J connectivity index is 2.37. The minimum Gasteiger partial charge on any atom is -0.497 e. The molecule has 0 aliphatic carbocycles. The number of halogens is 1. The van der Waals surface area contributed by atoms with Crippen LogP contribution in [0.4, 0.5) is 11.4 Å². The summed E-state index contributed by atoms with van der Waals surface area (Å²) in [7, 11) is 1.62. The molecule has 0 fully saturated rings. The third-order valence-corrected chi connectivity index (χ3v) is 3.01.